The van der Waals surface area contributed by atoms with Crippen molar-refractivity contribution in [1.29, 1.82) is 0 Å². The number of nitrogens with zero attached hydrogens (tertiary/aromatic N) is 1. The summed E-state index contributed by atoms with van der Waals surface area (Å²) in [6, 6.07) is 18.5. The van der Waals surface area contributed by atoms with E-state index in [2.05, 4.69) is 33.8 Å². The molecule has 3 aromatic rings. The first kappa shape index (κ1) is 22.3. The zero-order valence-electron chi connectivity index (χ0n) is 19.1. The molecule has 0 aliphatic carbocycles. The number of nitrogens with one attached hydrogen (secondary N) is 2. The number of rotatable bonds is 8. The van der Waals surface area contributed by atoms with Crippen LogP contribution < -0.4 is 15.4 Å². The van der Waals surface area contributed by atoms with Crippen LogP contribution in [-0.4, -0.2) is 30.6 Å². The number of hydrogen-bond acceptors (Lipinski definition) is 4. The fraction of sp³-hybridized carbons (Fsp3) is 0.407. The standard InChI is InChI=1S/C27H33N3O2/c1-3-27(31)30-22-7-4-6-21(18-22)23(20-12-15-28-16-13-20)14-17-32-26-9-5-8-25-24(26)11-10-19(2)29-25/h4-11,18,20,23,28H,3,12-17H2,1-2H3,(H,30,31). The molecule has 4 rings (SSSR count). The van der Waals surface area contributed by atoms with E-state index in [0.29, 0.717) is 24.9 Å². The number of carbonyl (C=O) groups is 1. The van der Waals surface area contributed by atoms with Crippen LogP contribution in [0.15, 0.2) is 54.6 Å². The van der Waals surface area contributed by atoms with E-state index >= 15 is 0 Å². The predicted octanol–water partition coefficient (Wildman–Crippen LogP) is 5.44. The highest BCUT2D eigenvalue weighted by molar-refractivity contribution is 5.90. The van der Waals surface area contributed by atoms with Crippen LogP contribution in [0.5, 0.6) is 5.75 Å². The third-order valence-electron chi connectivity index (χ3n) is 6.39. The van der Waals surface area contributed by atoms with Gasteiger partial charge in [-0.05, 0) is 93.1 Å². The molecular formula is C27H33N3O2. The van der Waals surface area contributed by atoms with Gasteiger partial charge in [0.25, 0.3) is 0 Å². The zero-order valence-corrected chi connectivity index (χ0v) is 19.1. The number of aromatic nitrogens is 1. The van der Waals surface area contributed by atoms with Gasteiger partial charge in [-0.1, -0.05) is 25.1 Å². The van der Waals surface area contributed by atoms with Crippen LogP contribution in [-0.2, 0) is 4.79 Å². The van der Waals surface area contributed by atoms with Crippen LogP contribution in [0.4, 0.5) is 5.69 Å². The number of carbonyl (C=O) groups excluding carboxylic acids is 1. The van der Waals surface area contributed by atoms with Crippen LogP contribution in [0.25, 0.3) is 10.9 Å². The van der Waals surface area contributed by atoms with E-state index in [4.69, 9.17) is 4.74 Å². The first-order valence-electron chi connectivity index (χ1n) is 11.7. The number of piperidine rings is 1. The Labute approximate surface area is 190 Å². The van der Waals surface area contributed by atoms with Crippen LogP contribution >= 0.6 is 0 Å². The summed E-state index contributed by atoms with van der Waals surface area (Å²) in [5.41, 5.74) is 4.14. The Morgan fingerprint density at radius 2 is 1.97 bits per heavy atom. The van der Waals surface area contributed by atoms with Crippen molar-refractivity contribution in [2.75, 3.05) is 25.0 Å². The predicted molar refractivity (Wildman–Crippen MR) is 130 cm³/mol. The lowest BCUT2D eigenvalue weighted by Gasteiger charge is -2.31. The van der Waals surface area contributed by atoms with Crippen LogP contribution in [0.2, 0.25) is 0 Å². The summed E-state index contributed by atoms with van der Waals surface area (Å²) in [5.74, 6) is 1.94. The maximum absolute atomic E-state index is 11.9. The molecule has 2 aromatic carbocycles. The maximum Gasteiger partial charge on any atom is 0.224 e. The lowest BCUT2D eigenvalue weighted by Crippen LogP contribution is -2.31. The fourth-order valence-corrected chi connectivity index (χ4v) is 4.67. The van der Waals surface area contributed by atoms with Gasteiger partial charge in [0, 0.05) is 23.2 Å². The second-order valence-electron chi connectivity index (χ2n) is 8.63. The molecule has 0 saturated carbocycles. The zero-order chi connectivity index (χ0) is 22.3. The Kier molecular flexibility index (Phi) is 7.38. The van der Waals surface area contributed by atoms with Gasteiger partial charge in [-0.25, -0.2) is 0 Å². The molecular weight excluding hydrogens is 398 g/mol. The Morgan fingerprint density at radius 3 is 2.78 bits per heavy atom. The van der Waals surface area contributed by atoms with Gasteiger partial charge in [0.1, 0.15) is 5.75 Å². The average Bonchev–Trinajstić information content (AvgIpc) is 2.82. The molecule has 1 fully saturated rings. The number of pyridine rings is 1. The summed E-state index contributed by atoms with van der Waals surface area (Å²) < 4.78 is 6.29. The number of aryl methyl sites for hydroxylation is 1. The average molecular weight is 432 g/mol. The maximum atomic E-state index is 11.9. The van der Waals surface area contributed by atoms with Gasteiger partial charge in [0.2, 0.25) is 5.91 Å². The Morgan fingerprint density at radius 1 is 1.16 bits per heavy atom. The molecule has 5 nitrogen and oxygen atoms in total. The minimum Gasteiger partial charge on any atom is -0.493 e. The molecule has 168 valence electrons. The summed E-state index contributed by atoms with van der Waals surface area (Å²) in [5, 5.41) is 7.54. The van der Waals surface area contributed by atoms with Gasteiger partial charge in [-0.15, -0.1) is 0 Å². The van der Waals surface area contributed by atoms with Crippen molar-refractivity contribution >= 4 is 22.5 Å². The Hall–Kier alpha value is -2.92. The van der Waals surface area contributed by atoms with E-state index in [9.17, 15) is 4.79 Å². The first-order valence-corrected chi connectivity index (χ1v) is 11.7. The van der Waals surface area contributed by atoms with E-state index in [-0.39, 0.29) is 5.91 Å². The third kappa shape index (κ3) is 5.46. The van der Waals surface area contributed by atoms with Crippen LogP contribution in [0.3, 0.4) is 0 Å². The topological polar surface area (TPSA) is 63.2 Å². The first-order chi connectivity index (χ1) is 15.6. The summed E-state index contributed by atoms with van der Waals surface area (Å²) in [7, 11) is 0. The molecule has 0 bridgehead atoms. The molecule has 1 aromatic heterocycles. The molecule has 0 spiro atoms. The quantitative estimate of drug-likeness (QED) is 0.498. The van der Waals surface area contributed by atoms with Crippen molar-refractivity contribution in [2.45, 2.75) is 45.4 Å². The number of fused-ring (bicyclic) bond motifs is 1. The Bertz CT molecular complexity index is 1060. The molecule has 1 saturated heterocycles. The second-order valence-corrected chi connectivity index (χ2v) is 8.63. The van der Waals surface area contributed by atoms with Crippen LogP contribution in [0, 0.1) is 12.8 Å². The second kappa shape index (κ2) is 10.6. The highest BCUT2D eigenvalue weighted by atomic mass is 16.5. The third-order valence-corrected chi connectivity index (χ3v) is 6.39. The molecule has 2 heterocycles. The Balaban J connectivity index is 1.51. The number of benzene rings is 2. The lowest BCUT2D eigenvalue weighted by molar-refractivity contribution is -0.115. The van der Waals surface area contributed by atoms with E-state index < -0.39 is 0 Å². The van der Waals surface area contributed by atoms with E-state index in [1.54, 1.807) is 0 Å². The fourth-order valence-electron chi connectivity index (χ4n) is 4.67. The van der Waals surface area contributed by atoms with Gasteiger partial charge in [-0.3, -0.25) is 9.78 Å². The summed E-state index contributed by atoms with van der Waals surface area (Å²) in [6.45, 7) is 6.64. The molecule has 0 radical (unpaired) electrons. The van der Waals surface area contributed by atoms with E-state index in [0.717, 1.165) is 60.4 Å². The van der Waals surface area contributed by atoms with Crippen molar-refractivity contribution in [3.63, 3.8) is 0 Å². The number of ether oxygens (including phenoxy) is 1. The van der Waals surface area contributed by atoms with Crippen molar-refractivity contribution in [2.24, 2.45) is 5.92 Å². The van der Waals surface area contributed by atoms with Gasteiger partial charge < -0.3 is 15.4 Å². The molecule has 1 aliphatic heterocycles. The highest BCUT2D eigenvalue weighted by Gasteiger charge is 2.25. The minimum absolute atomic E-state index is 0.0451. The smallest absolute Gasteiger partial charge is 0.224 e. The normalized spacial score (nSPS) is 15.4. The number of anilines is 1. The molecule has 1 amide bonds. The summed E-state index contributed by atoms with van der Waals surface area (Å²) in [6.07, 6.45) is 3.74. The van der Waals surface area contributed by atoms with Crippen molar-refractivity contribution in [1.82, 2.24) is 10.3 Å². The molecule has 2 N–H and O–H groups in total. The van der Waals surface area contributed by atoms with Gasteiger partial charge >= 0.3 is 0 Å². The molecule has 32 heavy (non-hydrogen) atoms. The number of hydrogen-bond donors (Lipinski definition) is 2. The van der Waals surface area contributed by atoms with Crippen molar-refractivity contribution < 1.29 is 9.53 Å². The van der Waals surface area contributed by atoms with Crippen LogP contribution in [0.1, 0.15) is 49.8 Å². The molecule has 1 atom stereocenters. The van der Waals surface area contributed by atoms with Crippen molar-refractivity contribution in [3.8, 4) is 5.75 Å². The SMILES string of the molecule is CCC(=O)Nc1cccc(C(CCOc2cccc3nc(C)ccc23)C2CCNCC2)c1. The van der Waals surface area contributed by atoms with E-state index in [1.165, 1.54) is 5.56 Å². The molecule has 5 heteroatoms. The largest absolute Gasteiger partial charge is 0.493 e. The number of amides is 1. The monoisotopic (exact) mass is 431 g/mol. The molecule has 1 unspecified atom stereocenters. The molecule has 1 aliphatic rings. The van der Waals surface area contributed by atoms with Gasteiger partial charge in [0.15, 0.2) is 0 Å². The van der Waals surface area contributed by atoms with E-state index in [1.807, 2.05) is 50.2 Å². The minimum atomic E-state index is 0.0451. The highest BCUT2D eigenvalue weighted by Crippen LogP contribution is 2.35. The van der Waals surface area contributed by atoms with Crippen molar-refractivity contribution in [3.05, 3.63) is 65.9 Å². The van der Waals surface area contributed by atoms with Gasteiger partial charge in [0.05, 0.1) is 12.1 Å². The lowest BCUT2D eigenvalue weighted by atomic mass is 9.78. The summed E-state index contributed by atoms with van der Waals surface area (Å²) in [4.78, 5) is 16.5. The summed E-state index contributed by atoms with van der Waals surface area (Å²) >= 11 is 0. The van der Waals surface area contributed by atoms with Gasteiger partial charge in [-0.2, -0.15) is 0 Å².